The van der Waals surface area contributed by atoms with Crippen LogP contribution in [0.1, 0.15) is 12.5 Å². The molecule has 88 valence electrons. The Kier molecular flexibility index (Phi) is 4.18. The first-order valence-electron chi connectivity index (χ1n) is 5.46. The van der Waals surface area contributed by atoms with E-state index >= 15 is 0 Å². The molecule has 0 aliphatic rings. The van der Waals surface area contributed by atoms with Gasteiger partial charge in [0.05, 0.1) is 7.11 Å². The Balaban J connectivity index is 3.02. The van der Waals surface area contributed by atoms with Gasteiger partial charge in [0, 0.05) is 0 Å². The first-order valence-corrected chi connectivity index (χ1v) is 8.87. The molecular weight excluding hydrogens is 216 g/mol. The lowest BCUT2D eigenvalue weighted by Gasteiger charge is -2.21. The lowest BCUT2D eigenvalue weighted by Crippen LogP contribution is -2.29. The molecule has 0 saturated heterocycles. The molecule has 0 aliphatic carbocycles. The minimum absolute atomic E-state index is 0.804. The highest BCUT2D eigenvalue weighted by Crippen LogP contribution is 2.30. The first kappa shape index (κ1) is 12.8. The normalized spacial score (nSPS) is 11.8. The number of benzene rings is 1. The van der Waals surface area contributed by atoms with E-state index in [2.05, 4.69) is 19.6 Å². The van der Waals surface area contributed by atoms with Crippen molar-refractivity contribution < 1.29 is 9.16 Å². The molecule has 1 rings (SSSR count). The van der Waals surface area contributed by atoms with Crippen LogP contribution in [0.5, 0.6) is 11.5 Å². The maximum atomic E-state index is 5.95. The standard InChI is InChI=1S/C13H20O2Si/c1-6-7-11-8-9-12(13(10-11)14-2)15-16(3,4)5/h6-10H,1-5H3/b7-6-. The fraction of sp³-hybridized carbons (Fsp3) is 0.385. The molecular formula is C13H20O2Si. The molecule has 0 bridgehead atoms. The fourth-order valence-corrected chi connectivity index (χ4v) is 2.22. The minimum atomic E-state index is -1.58. The predicted molar refractivity (Wildman–Crippen MR) is 71.7 cm³/mol. The van der Waals surface area contributed by atoms with Crippen molar-refractivity contribution in [3.8, 4) is 11.5 Å². The number of allylic oxidation sites excluding steroid dienone is 1. The average Bonchev–Trinajstić information content (AvgIpc) is 2.18. The maximum Gasteiger partial charge on any atom is 0.242 e. The van der Waals surface area contributed by atoms with Crippen molar-refractivity contribution in [2.24, 2.45) is 0 Å². The van der Waals surface area contributed by atoms with Crippen LogP contribution in [0.3, 0.4) is 0 Å². The van der Waals surface area contributed by atoms with E-state index in [0.29, 0.717) is 0 Å². The second-order valence-corrected chi connectivity index (χ2v) is 9.05. The van der Waals surface area contributed by atoms with Crippen molar-refractivity contribution in [2.75, 3.05) is 7.11 Å². The summed E-state index contributed by atoms with van der Waals surface area (Å²) in [5.74, 6) is 1.65. The summed E-state index contributed by atoms with van der Waals surface area (Å²) >= 11 is 0. The van der Waals surface area contributed by atoms with E-state index in [1.807, 2.05) is 37.3 Å². The second kappa shape index (κ2) is 5.21. The van der Waals surface area contributed by atoms with Gasteiger partial charge in [-0.3, -0.25) is 0 Å². The Labute approximate surface area is 99.0 Å². The molecule has 3 heteroatoms. The molecule has 1 aromatic rings. The molecule has 0 amide bonds. The van der Waals surface area contributed by atoms with E-state index in [0.717, 1.165) is 17.1 Å². The van der Waals surface area contributed by atoms with Crippen LogP contribution < -0.4 is 9.16 Å². The Bertz CT molecular complexity index is 378. The van der Waals surface area contributed by atoms with Crippen LogP contribution in [0.2, 0.25) is 19.6 Å². The molecule has 16 heavy (non-hydrogen) atoms. The van der Waals surface area contributed by atoms with Gasteiger partial charge < -0.3 is 9.16 Å². The van der Waals surface area contributed by atoms with E-state index in [1.54, 1.807) is 7.11 Å². The van der Waals surface area contributed by atoms with Gasteiger partial charge in [-0.1, -0.05) is 18.2 Å². The quantitative estimate of drug-likeness (QED) is 0.737. The lowest BCUT2D eigenvalue weighted by molar-refractivity contribution is 0.392. The molecule has 0 aromatic heterocycles. The smallest absolute Gasteiger partial charge is 0.242 e. The average molecular weight is 236 g/mol. The number of hydrogen-bond donors (Lipinski definition) is 0. The van der Waals surface area contributed by atoms with Gasteiger partial charge in [-0.2, -0.15) is 0 Å². The fourth-order valence-electron chi connectivity index (χ4n) is 1.39. The van der Waals surface area contributed by atoms with Crippen LogP contribution in [0.4, 0.5) is 0 Å². The zero-order valence-corrected chi connectivity index (χ0v) is 11.7. The van der Waals surface area contributed by atoms with E-state index < -0.39 is 8.32 Å². The summed E-state index contributed by atoms with van der Waals surface area (Å²) in [6.07, 6.45) is 4.05. The van der Waals surface area contributed by atoms with Crippen molar-refractivity contribution in [2.45, 2.75) is 26.6 Å². The van der Waals surface area contributed by atoms with Crippen molar-refractivity contribution in [3.63, 3.8) is 0 Å². The predicted octanol–water partition coefficient (Wildman–Crippen LogP) is 3.94. The van der Waals surface area contributed by atoms with Gasteiger partial charge in [0.2, 0.25) is 8.32 Å². The Morgan fingerprint density at radius 1 is 1.12 bits per heavy atom. The highest BCUT2D eigenvalue weighted by molar-refractivity contribution is 6.70. The molecule has 0 fully saturated rings. The third-order valence-electron chi connectivity index (χ3n) is 1.96. The van der Waals surface area contributed by atoms with E-state index in [1.165, 1.54) is 0 Å². The SMILES string of the molecule is C/C=C\c1ccc(O[Si](C)(C)C)c(OC)c1. The largest absolute Gasteiger partial charge is 0.542 e. The minimum Gasteiger partial charge on any atom is -0.542 e. The zero-order valence-electron chi connectivity index (χ0n) is 10.7. The molecule has 0 heterocycles. The van der Waals surface area contributed by atoms with Gasteiger partial charge in [0.25, 0.3) is 0 Å². The van der Waals surface area contributed by atoms with Gasteiger partial charge in [0.15, 0.2) is 5.75 Å². The molecule has 2 nitrogen and oxygen atoms in total. The highest BCUT2D eigenvalue weighted by atomic mass is 28.4. The summed E-state index contributed by atoms with van der Waals surface area (Å²) in [5, 5.41) is 0. The van der Waals surface area contributed by atoms with E-state index in [4.69, 9.17) is 9.16 Å². The maximum absolute atomic E-state index is 5.95. The highest BCUT2D eigenvalue weighted by Gasteiger charge is 2.18. The summed E-state index contributed by atoms with van der Waals surface area (Å²) in [6.45, 7) is 8.48. The molecule has 0 aliphatic heterocycles. The van der Waals surface area contributed by atoms with E-state index in [-0.39, 0.29) is 0 Å². The number of rotatable bonds is 4. The Morgan fingerprint density at radius 3 is 2.31 bits per heavy atom. The van der Waals surface area contributed by atoms with Crippen LogP contribution >= 0.6 is 0 Å². The van der Waals surface area contributed by atoms with Gasteiger partial charge in [-0.05, 0) is 44.3 Å². The van der Waals surface area contributed by atoms with Crippen LogP contribution in [0.25, 0.3) is 6.08 Å². The van der Waals surface area contributed by atoms with Gasteiger partial charge in [-0.15, -0.1) is 0 Å². The number of methoxy groups -OCH3 is 1. The number of ether oxygens (including phenoxy) is 1. The third-order valence-corrected chi connectivity index (χ3v) is 2.80. The van der Waals surface area contributed by atoms with Crippen molar-refractivity contribution in [1.29, 1.82) is 0 Å². The summed E-state index contributed by atoms with van der Waals surface area (Å²) in [6, 6.07) is 6.01. The Morgan fingerprint density at radius 2 is 1.81 bits per heavy atom. The molecule has 0 spiro atoms. The van der Waals surface area contributed by atoms with Gasteiger partial charge >= 0.3 is 0 Å². The molecule has 0 N–H and O–H groups in total. The molecule has 1 aromatic carbocycles. The van der Waals surface area contributed by atoms with Gasteiger partial charge in [0.1, 0.15) is 5.75 Å². The second-order valence-electron chi connectivity index (χ2n) is 4.62. The number of hydrogen-bond acceptors (Lipinski definition) is 2. The summed E-state index contributed by atoms with van der Waals surface area (Å²) in [5.41, 5.74) is 1.13. The monoisotopic (exact) mass is 236 g/mol. The van der Waals surface area contributed by atoms with Gasteiger partial charge in [-0.25, -0.2) is 0 Å². The summed E-state index contributed by atoms with van der Waals surface area (Å²) in [7, 11) is 0.0929. The van der Waals surface area contributed by atoms with Crippen LogP contribution in [0, 0.1) is 0 Å². The topological polar surface area (TPSA) is 18.5 Å². The Hall–Kier alpha value is -1.22. The zero-order chi connectivity index (χ0) is 12.2. The molecule has 0 unspecified atom stereocenters. The summed E-state index contributed by atoms with van der Waals surface area (Å²) < 4.78 is 11.3. The summed E-state index contributed by atoms with van der Waals surface area (Å²) in [4.78, 5) is 0. The first-order chi connectivity index (χ1) is 7.46. The van der Waals surface area contributed by atoms with Crippen LogP contribution in [0.15, 0.2) is 24.3 Å². The lowest BCUT2D eigenvalue weighted by atomic mass is 10.2. The molecule has 0 radical (unpaired) electrons. The van der Waals surface area contributed by atoms with Crippen molar-refractivity contribution >= 4 is 14.4 Å². The van der Waals surface area contributed by atoms with Crippen LogP contribution in [-0.4, -0.2) is 15.4 Å². The molecule has 0 saturated carbocycles. The van der Waals surface area contributed by atoms with E-state index in [9.17, 15) is 0 Å². The molecule has 0 atom stereocenters. The van der Waals surface area contributed by atoms with Crippen LogP contribution in [-0.2, 0) is 0 Å². The van der Waals surface area contributed by atoms with Crippen molar-refractivity contribution in [3.05, 3.63) is 29.8 Å². The van der Waals surface area contributed by atoms with Crippen molar-refractivity contribution in [1.82, 2.24) is 0 Å². The third kappa shape index (κ3) is 3.74.